The highest BCUT2D eigenvalue weighted by atomic mass is 123. The molecule has 0 aliphatic heterocycles. The molecule has 0 aliphatic rings. The highest BCUT2D eigenvalue weighted by molar-refractivity contribution is 14.1. The molecule has 172 valence electrons. The van der Waals surface area contributed by atoms with E-state index < -0.39 is 6.10 Å². The first kappa shape index (κ1) is 24.9. The number of hydrogen-bond acceptors (Lipinski definition) is 4. The van der Waals surface area contributed by atoms with E-state index in [1.165, 1.54) is 11.1 Å². The van der Waals surface area contributed by atoms with E-state index in [1.54, 1.807) is 12.5 Å². The first-order chi connectivity index (χ1) is 15.3. The van der Waals surface area contributed by atoms with Crippen LogP contribution in [0.2, 0.25) is 0 Å². The van der Waals surface area contributed by atoms with Gasteiger partial charge in [-0.05, 0) is 58.0 Å². The summed E-state index contributed by atoms with van der Waals surface area (Å²) < 4.78 is 14.6. The molecule has 0 saturated heterocycles. The largest absolute Gasteiger partial charge is 0.492 e. The Morgan fingerprint density at radius 3 is 2.44 bits per heavy atom. The summed E-state index contributed by atoms with van der Waals surface area (Å²) in [5, 5.41) is 10.2. The number of hydrogen-bond donors (Lipinski definition) is 1. The Labute approximate surface area is 208 Å². The van der Waals surface area contributed by atoms with Gasteiger partial charge in [0.05, 0.1) is 23.0 Å². The molecule has 0 saturated carbocycles. The zero-order chi connectivity index (χ0) is 23.1. The number of aromatic nitrogens is 2. The number of benzene rings is 2. The zero-order valence-electron chi connectivity index (χ0n) is 18.7. The lowest BCUT2D eigenvalue weighted by Gasteiger charge is -2.27. The monoisotopic (exact) mass is 564 g/mol. The number of nitrogens with zero attached hydrogens (tertiary/aromatic N) is 2. The van der Waals surface area contributed by atoms with E-state index in [2.05, 4.69) is 72.6 Å². The third kappa shape index (κ3) is 6.62. The van der Waals surface area contributed by atoms with Crippen LogP contribution in [0, 0.1) is 9.49 Å². The van der Waals surface area contributed by atoms with Crippen molar-refractivity contribution >= 4 is 34.2 Å². The second kappa shape index (κ2) is 11.4. The van der Waals surface area contributed by atoms with Gasteiger partial charge >= 0.3 is 0 Å². The number of aliphatic hydroxyl groups excluding tert-OH is 1. The van der Waals surface area contributed by atoms with Gasteiger partial charge in [0.25, 0.3) is 0 Å². The molecule has 3 aromatic rings. The van der Waals surface area contributed by atoms with Gasteiger partial charge in [-0.15, -0.1) is 11.6 Å². The van der Waals surface area contributed by atoms with Crippen molar-refractivity contribution in [2.24, 2.45) is 5.92 Å². The quantitative estimate of drug-likeness (QED) is 0.247. The van der Waals surface area contributed by atoms with Crippen LogP contribution < -0.4 is 9.47 Å². The molecule has 0 bridgehead atoms. The molecule has 1 aromatic heterocycles. The van der Waals surface area contributed by atoms with Gasteiger partial charge in [-0.3, -0.25) is 0 Å². The van der Waals surface area contributed by atoms with Crippen LogP contribution in [-0.2, 0) is 12.0 Å². The van der Waals surface area contributed by atoms with Gasteiger partial charge in [-0.25, -0.2) is 4.98 Å². The second-order valence-corrected chi connectivity index (χ2v) is 10.1. The Hall–Kier alpha value is -1.77. The third-order valence-electron chi connectivity index (χ3n) is 5.44. The van der Waals surface area contributed by atoms with Crippen molar-refractivity contribution in [1.29, 1.82) is 0 Å². The Morgan fingerprint density at radius 1 is 1.09 bits per heavy atom. The minimum Gasteiger partial charge on any atom is -0.492 e. The number of aliphatic hydroxyl groups is 1. The average Bonchev–Trinajstić information content (AvgIpc) is 3.29. The van der Waals surface area contributed by atoms with E-state index in [9.17, 15) is 5.11 Å². The normalized spacial score (nSPS) is 13.6. The Kier molecular flexibility index (Phi) is 8.85. The summed E-state index contributed by atoms with van der Waals surface area (Å²) in [5.74, 6) is 2.53. The van der Waals surface area contributed by atoms with Crippen molar-refractivity contribution in [1.82, 2.24) is 9.55 Å². The van der Waals surface area contributed by atoms with Gasteiger partial charge in [0.15, 0.2) is 0 Å². The minimum absolute atomic E-state index is 0.179. The van der Waals surface area contributed by atoms with Crippen LogP contribution >= 0.6 is 34.2 Å². The molecule has 0 amide bonds. The molecule has 1 N–H and O–H groups in total. The smallest absolute Gasteiger partial charge is 0.132 e. The van der Waals surface area contributed by atoms with E-state index in [4.69, 9.17) is 21.1 Å². The van der Waals surface area contributed by atoms with Gasteiger partial charge < -0.3 is 19.1 Å². The molecule has 1 heterocycles. The molecule has 32 heavy (non-hydrogen) atoms. The van der Waals surface area contributed by atoms with Gasteiger partial charge in [0, 0.05) is 29.6 Å². The highest BCUT2D eigenvalue weighted by Gasteiger charge is 2.24. The Balaban J connectivity index is 1.62. The number of halogens is 2. The molecule has 2 aromatic carbocycles. The minimum atomic E-state index is -0.601. The molecule has 0 radical (unpaired) electrons. The highest BCUT2D eigenvalue weighted by Crippen LogP contribution is 2.35. The molecule has 3 rings (SSSR count). The van der Waals surface area contributed by atoms with Gasteiger partial charge in [0.1, 0.15) is 24.2 Å². The van der Waals surface area contributed by atoms with Crippen LogP contribution in [0.25, 0.3) is 0 Å². The molecular weight excluding hydrogens is 535 g/mol. The van der Waals surface area contributed by atoms with E-state index in [1.807, 2.05) is 29.0 Å². The molecule has 7 heteroatoms. The molecule has 0 aliphatic carbocycles. The summed E-state index contributed by atoms with van der Waals surface area (Å²) in [6, 6.07) is 14.4. The van der Waals surface area contributed by atoms with E-state index >= 15 is 0 Å². The fourth-order valence-corrected chi connectivity index (χ4v) is 4.06. The van der Waals surface area contributed by atoms with Crippen LogP contribution in [-0.4, -0.2) is 39.9 Å². The second-order valence-electron chi connectivity index (χ2n) is 8.59. The number of ether oxygens (including phenoxy) is 2. The van der Waals surface area contributed by atoms with Crippen molar-refractivity contribution in [3.63, 3.8) is 0 Å². The molecule has 0 unspecified atom stereocenters. The van der Waals surface area contributed by atoms with Crippen LogP contribution in [0.3, 0.4) is 0 Å². The summed E-state index contributed by atoms with van der Waals surface area (Å²) in [4.78, 5) is 3.98. The maximum absolute atomic E-state index is 10.2. The van der Waals surface area contributed by atoms with E-state index in [0.717, 1.165) is 15.1 Å². The molecule has 5 nitrogen and oxygen atoms in total. The number of alkyl halides is 1. The zero-order valence-corrected chi connectivity index (χ0v) is 21.6. The summed E-state index contributed by atoms with van der Waals surface area (Å²) in [6.07, 6.45) is 4.59. The first-order valence-electron chi connectivity index (χ1n) is 10.7. The maximum Gasteiger partial charge on any atom is 0.132 e. The number of imidazole rings is 1. The molecule has 2 atom stereocenters. The first-order valence-corrected chi connectivity index (χ1v) is 12.3. The van der Waals surface area contributed by atoms with Gasteiger partial charge in [0.2, 0.25) is 0 Å². The lowest BCUT2D eigenvalue weighted by Crippen LogP contribution is -2.23. The summed E-state index contributed by atoms with van der Waals surface area (Å²) >= 11 is 8.21. The lowest BCUT2D eigenvalue weighted by atomic mass is 9.78. The number of rotatable bonds is 11. The van der Waals surface area contributed by atoms with Crippen LogP contribution in [0.4, 0.5) is 0 Å². The van der Waals surface area contributed by atoms with Gasteiger partial charge in [-0.2, -0.15) is 0 Å². The van der Waals surface area contributed by atoms with E-state index in [0.29, 0.717) is 24.9 Å². The van der Waals surface area contributed by atoms with Crippen molar-refractivity contribution < 1.29 is 14.6 Å². The van der Waals surface area contributed by atoms with Crippen molar-refractivity contribution in [3.8, 4) is 11.5 Å². The summed E-state index contributed by atoms with van der Waals surface area (Å²) in [6.45, 7) is 7.78. The SMILES string of the molecule is C[C@@H](CCl)COc1ccc(C(C)(C)c2ccc(OC[C@@H](O)Cn3ccnc3)cc2)cc1[123I]. The summed E-state index contributed by atoms with van der Waals surface area (Å²) in [7, 11) is 0. The van der Waals surface area contributed by atoms with Gasteiger partial charge in [-0.1, -0.05) is 39.0 Å². The van der Waals surface area contributed by atoms with Crippen molar-refractivity contribution in [3.05, 3.63) is 75.9 Å². The predicted molar refractivity (Wildman–Crippen MR) is 137 cm³/mol. The fraction of sp³-hybridized carbons (Fsp3) is 0.400. The fourth-order valence-electron chi connectivity index (χ4n) is 3.30. The predicted octanol–water partition coefficient (Wildman–Crippen LogP) is 5.51. The van der Waals surface area contributed by atoms with Crippen molar-refractivity contribution in [2.75, 3.05) is 19.1 Å². The summed E-state index contributed by atoms with van der Waals surface area (Å²) in [5.41, 5.74) is 2.22. The van der Waals surface area contributed by atoms with Crippen LogP contribution in [0.1, 0.15) is 31.9 Å². The maximum atomic E-state index is 10.2. The lowest BCUT2D eigenvalue weighted by molar-refractivity contribution is 0.0924. The average molecular weight is 565 g/mol. The molecule has 0 fully saturated rings. The van der Waals surface area contributed by atoms with Crippen LogP contribution in [0.5, 0.6) is 11.5 Å². The standard InChI is InChI=1S/C25H30ClIN2O3/c1-18(13-26)15-32-24-9-6-20(12-23(24)27)25(2,3)19-4-7-22(8-5-19)31-16-21(30)14-29-11-10-28-17-29/h4-12,17-18,21,30H,13-16H2,1-3H3/t18-,21-/m0/s1/i27-4. The van der Waals surface area contributed by atoms with Crippen molar-refractivity contribution in [2.45, 2.75) is 38.8 Å². The van der Waals surface area contributed by atoms with Crippen LogP contribution in [0.15, 0.2) is 61.2 Å². The van der Waals surface area contributed by atoms with E-state index in [-0.39, 0.29) is 12.0 Å². The topological polar surface area (TPSA) is 56.5 Å². The third-order valence-corrected chi connectivity index (χ3v) is 6.81. The molecular formula is C25H30ClIN2O3. The Bertz CT molecular complexity index is 977. The molecule has 0 spiro atoms. The Morgan fingerprint density at radius 2 is 1.81 bits per heavy atom.